The molecular formula is C17H14N2O. The molecule has 2 aromatic carbocycles. The van der Waals surface area contributed by atoms with E-state index in [1.54, 1.807) is 0 Å². The average molecular weight is 262 g/mol. The Morgan fingerprint density at radius 1 is 1.00 bits per heavy atom. The van der Waals surface area contributed by atoms with Crippen molar-refractivity contribution >= 4 is 23.1 Å². The molecule has 4 rings (SSSR count). The molecule has 0 bridgehead atoms. The van der Waals surface area contributed by atoms with Gasteiger partial charge in [0.15, 0.2) is 0 Å². The van der Waals surface area contributed by atoms with Gasteiger partial charge in [-0.25, -0.2) is 5.01 Å². The van der Waals surface area contributed by atoms with Gasteiger partial charge in [-0.1, -0.05) is 48.5 Å². The van der Waals surface area contributed by atoms with Gasteiger partial charge < -0.3 is 4.42 Å². The van der Waals surface area contributed by atoms with E-state index < -0.39 is 0 Å². The van der Waals surface area contributed by atoms with Gasteiger partial charge in [0.1, 0.15) is 5.58 Å². The van der Waals surface area contributed by atoms with Crippen LogP contribution < -0.4 is 5.01 Å². The summed E-state index contributed by atoms with van der Waals surface area (Å²) in [5.41, 5.74) is 2.15. The summed E-state index contributed by atoms with van der Waals surface area (Å²) in [7, 11) is 0. The lowest BCUT2D eigenvalue weighted by Crippen LogP contribution is -2.17. The van der Waals surface area contributed by atoms with Crippen LogP contribution >= 0.6 is 0 Å². The maximum atomic E-state index is 5.92. The lowest BCUT2D eigenvalue weighted by molar-refractivity contribution is 0.560. The number of para-hydroxylation sites is 1. The molecule has 0 amide bonds. The Bertz CT molecular complexity index is 728. The summed E-state index contributed by atoms with van der Waals surface area (Å²) in [6.07, 6.45) is 2.85. The lowest BCUT2D eigenvalue weighted by Gasteiger charge is -2.21. The summed E-state index contributed by atoms with van der Waals surface area (Å²) in [5.74, 6) is 0.800. The van der Waals surface area contributed by atoms with Crippen LogP contribution in [0.4, 0.5) is 5.88 Å². The maximum absolute atomic E-state index is 5.92. The summed E-state index contributed by atoms with van der Waals surface area (Å²) in [4.78, 5) is 0. The van der Waals surface area contributed by atoms with Crippen molar-refractivity contribution < 1.29 is 4.42 Å². The van der Waals surface area contributed by atoms with Crippen LogP contribution in [0.5, 0.6) is 0 Å². The van der Waals surface area contributed by atoms with Gasteiger partial charge in [0.25, 0.3) is 0 Å². The Hall–Kier alpha value is -2.55. The van der Waals surface area contributed by atoms with Crippen LogP contribution in [-0.4, -0.2) is 6.21 Å². The largest absolute Gasteiger partial charge is 0.439 e. The monoisotopic (exact) mass is 262 g/mol. The fraction of sp³-hybridized carbons (Fsp3) is 0.118. The van der Waals surface area contributed by atoms with Crippen molar-refractivity contribution in [2.24, 2.45) is 5.10 Å². The first-order valence-electron chi connectivity index (χ1n) is 6.77. The molecule has 0 N–H and O–H groups in total. The van der Waals surface area contributed by atoms with Crippen LogP contribution in [0.3, 0.4) is 0 Å². The van der Waals surface area contributed by atoms with Crippen molar-refractivity contribution in [2.45, 2.75) is 12.5 Å². The Kier molecular flexibility index (Phi) is 2.56. The highest BCUT2D eigenvalue weighted by molar-refractivity contribution is 5.81. The minimum atomic E-state index is 0.219. The standard InChI is InChI=1S/C17H14N2O/c1-2-6-13(7-3-1)15-10-11-18-19(15)17-12-14-8-4-5-9-16(14)20-17/h1-9,11-12,15H,10H2. The van der Waals surface area contributed by atoms with Crippen LogP contribution in [0.25, 0.3) is 11.0 Å². The van der Waals surface area contributed by atoms with E-state index >= 15 is 0 Å². The maximum Gasteiger partial charge on any atom is 0.217 e. The van der Waals surface area contributed by atoms with E-state index in [1.807, 2.05) is 41.6 Å². The summed E-state index contributed by atoms with van der Waals surface area (Å²) in [6.45, 7) is 0. The van der Waals surface area contributed by atoms with Gasteiger partial charge >= 0.3 is 0 Å². The molecule has 1 unspecified atom stereocenters. The van der Waals surface area contributed by atoms with Crippen molar-refractivity contribution in [2.75, 3.05) is 5.01 Å². The average Bonchev–Trinajstić information content (AvgIpc) is 3.14. The SMILES string of the molecule is C1=NN(c2cc3ccccc3o2)C(c2ccccc2)C1. The summed E-state index contributed by atoms with van der Waals surface area (Å²) >= 11 is 0. The second-order valence-corrected chi connectivity index (χ2v) is 4.93. The number of hydrogen-bond donors (Lipinski definition) is 0. The van der Waals surface area contributed by atoms with Gasteiger partial charge in [0.2, 0.25) is 5.88 Å². The van der Waals surface area contributed by atoms with Gasteiger partial charge in [-0.15, -0.1) is 0 Å². The van der Waals surface area contributed by atoms with Gasteiger partial charge in [0, 0.05) is 24.1 Å². The fourth-order valence-electron chi connectivity index (χ4n) is 2.66. The van der Waals surface area contributed by atoms with E-state index in [9.17, 15) is 0 Å². The fourth-order valence-corrected chi connectivity index (χ4v) is 2.66. The van der Waals surface area contributed by atoms with Crippen LogP contribution in [-0.2, 0) is 0 Å². The molecule has 1 atom stereocenters. The van der Waals surface area contributed by atoms with E-state index in [0.717, 1.165) is 23.3 Å². The smallest absolute Gasteiger partial charge is 0.217 e. The minimum Gasteiger partial charge on any atom is -0.439 e. The molecule has 98 valence electrons. The number of benzene rings is 2. The third-order valence-electron chi connectivity index (χ3n) is 3.65. The predicted octanol–water partition coefficient (Wildman–Crippen LogP) is 4.37. The molecule has 1 aliphatic heterocycles. The van der Waals surface area contributed by atoms with E-state index in [2.05, 4.69) is 35.4 Å². The normalized spacial score (nSPS) is 18.0. The molecule has 3 aromatic rings. The molecule has 0 spiro atoms. The van der Waals surface area contributed by atoms with E-state index in [-0.39, 0.29) is 6.04 Å². The molecule has 3 heteroatoms. The van der Waals surface area contributed by atoms with Crippen LogP contribution in [0.15, 0.2) is 70.2 Å². The number of fused-ring (bicyclic) bond motifs is 1. The third-order valence-corrected chi connectivity index (χ3v) is 3.65. The van der Waals surface area contributed by atoms with Crippen LogP contribution in [0.2, 0.25) is 0 Å². The highest BCUT2D eigenvalue weighted by Gasteiger charge is 2.26. The van der Waals surface area contributed by atoms with Crippen molar-refractivity contribution in [1.82, 2.24) is 0 Å². The van der Waals surface area contributed by atoms with E-state index in [4.69, 9.17) is 4.42 Å². The van der Waals surface area contributed by atoms with Crippen LogP contribution in [0.1, 0.15) is 18.0 Å². The molecule has 20 heavy (non-hydrogen) atoms. The third kappa shape index (κ3) is 1.79. The highest BCUT2D eigenvalue weighted by atomic mass is 16.4. The zero-order valence-electron chi connectivity index (χ0n) is 10.9. The first-order chi connectivity index (χ1) is 9.92. The second-order valence-electron chi connectivity index (χ2n) is 4.93. The van der Waals surface area contributed by atoms with Crippen molar-refractivity contribution in [3.8, 4) is 0 Å². The van der Waals surface area contributed by atoms with Gasteiger partial charge in [0.05, 0.1) is 6.04 Å². The van der Waals surface area contributed by atoms with Crippen LogP contribution in [0, 0.1) is 0 Å². The molecule has 0 saturated carbocycles. The molecule has 1 aliphatic rings. The van der Waals surface area contributed by atoms with Crippen molar-refractivity contribution in [3.05, 3.63) is 66.2 Å². The lowest BCUT2D eigenvalue weighted by atomic mass is 10.1. The number of furan rings is 1. The van der Waals surface area contributed by atoms with Gasteiger partial charge in [-0.2, -0.15) is 5.10 Å². The Balaban J connectivity index is 1.74. The summed E-state index contributed by atoms with van der Waals surface area (Å²) in [5, 5.41) is 7.55. The van der Waals surface area contributed by atoms with Crippen molar-refractivity contribution in [1.29, 1.82) is 0 Å². The number of anilines is 1. The molecule has 1 aromatic heterocycles. The minimum absolute atomic E-state index is 0.219. The Morgan fingerprint density at radius 2 is 1.80 bits per heavy atom. The number of nitrogens with zero attached hydrogens (tertiary/aromatic N) is 2. The molecule has 0 saturated heterocycles. The zero-order chi connectivity index (χ0) is 13.4. The molecular weight excluding hydrogens is 248 g/mol. The molecule has 3 nitrogen and oxygen atoms in total. The predicted molar refractivity (Wildman–Crippen MR) is 81.0 cm³/mol. The first kappa shape index (κ1) is 11.3. The highest BCUT2D eigenvalue weighted by Crippen LogP contribution is 2.36. The molecule has 2 heterocycles. The van der Waals surface area contributed by atoms with E-state index in [1.165, 1.54) is 5.56 Å². The number of hydrazone groups is 1. The Labute approximate surface area is 117 Å². The molecule has 0 radical (unpaired) electrons. The van der Waals surface area contributed by atoms with Gasteiger partial charge in [-0.05, 0) is 11.6 Å². The van der Waals surface area contributed by atoms with E-state index in [0.29, 0.717) is 0 Å². The first-order valence-corrected chi connectivity index (χ1v) is 6.77. The quantitative estimate of drug-likeness (QED) is 0.686. The molecule has 0 fully saturated rings. The topological polar surface area (TPSA) is 28.7 Å². The summed E-state index contributed by atoms with van der Waals surface area (Å²) in [6, 6.07) is 20.7. The van der Waals surface area contributed by atoms with Crippen molar-refractivity contribution in [3.63, 3.8) is 0 Å². The zero-order valence-corrected chi connectivity index (χ0v) is 10.9. The number of hydrogen-bond acceptors (Lipinski definition) is 3. The Morgan fingerprint density at radius 3 is 2.65 bits per heavy atom. The van der Waals surface area contributed by atoms with Gasteiger partial charge in [-0.3, -0.25) is 0 Å². The number of rotatable bonds is 2. The second kappa shape index (κ2) is 4.53. The molecule has 0 aliphatic carbocycles. The summed E-state index contributed by atoms with van der Waals surface area (Å²) < 4.78 is 5.92.